The molecule has 0 unspecified atom stereocenters. The van der Waals surface area contributed by atoms with Crippen molar-refractivity contribution in [1.29, 1.82) is 0 Å². The summed E-state index contributed by atoms with van der Waals surface area (Å²) in [5.41, 5.74) is 5.48. The van der Waals surface area contributed by atoms with Crippen LogP contribution < -0.4 is 5.73 Å². The van der Waals surface area contributed by atoms with E-state index in [-0.39, 0.29) is 10.9 Å². The second-order valence-corrected chi connectivity index (χ2v) is 7.55. The molecule has 5 nitrogen and oxygen atoms in total. The molecule has 0 spiro atoms. The summed E-state index contributed by atoms with van der Waals surface area (Å²) in [6.07, 6.45) is 6.33. The van der Waals surface area contributed by atoms with Crippen molar-refractivity contribution in [3.63, 3.8) is 0 Å². The lowest BCUT2D eigenvalue weighted by Gasteiger charge is -2.26. The second-order valence-electron chi connectivity index (χ2n) is 5.56. The minimum atomic E-state index is -3.52. The Kier molecular flexibility index (Phi) is 5.00. The van der Waals surface area contributed by atoms with E-state index in [1.54, 1.807) is 7.05 Å². The van der Waals surface area contributed by atoms with Crippen molar-refractivity contribution in [2.24, 2.45) is 5.73 Å². The molecular formula is C15H22N2O3S. The highest BCUT2D eigenvalue weighted by Crippen LogP contribution is 2.25. The van der Waals surface area contributed by atoms with E-state index in [2.05, 4.69) is 0 Å². The molecule has 6 heteroatoms. The predicted octanol–water partition coefficient (Wildman–Crippen LogP) is 2.13. The molecule has 1 aliphatic carbocycles. The first-order valence-corrected chi connectivity index (χ1v) is 8.75. The van der Waals surface area contributed by atoms with Gasteiger partial charge in [0.1, 0.15) is 0 Å². The van der Waals surface area contributed by atoms with Gasteiger partial charge in [0.2, 0.25) is 15.9 Å². The summed E-state index contributed by atoms with van der Waals surface area (Å²) in [6.45, 7) is 0. The maximum Gasteiger partial charge on any atom is 0.248 e. The van der Waals surface area contributed by atoms with Crippen molar-refractivity contribution in [3.05, 3.63) is 29.8 Å². The average molecular weight is 310 g/mol. The number of hydrogen-bond acceptors (Lipinski definition) is 3. The molecule has 0 bridgehead atoms. The zero-order valence-electron chi connectivity index (χ0n) is 12.3. The van der Waals surface area contributed by atoms with Gasteiger partial charge in [-0.15, -0.1) is 0 Å². The Bertz CT molecular complexity index is 588. The lowest BCUT2D eigenvalue weighted by Crippen LogP contribution is -2.36. The number of rotatable bonds is 4. The van der Waals surface area contributed by atoms with Gasteiger partial charge in [-0.3, -0.25) is 4.79 Å². The Balaban J connectivity index is 2.21. The smallest absolute Gasteiger partial charge is 0.248 e. The fourth-order valence-corrected chi connectivity index (χ4v) is 4.19. The Hall–Kier alpha value is -1.40. The molecule has 2 rings (SSSR count). The van der Waals surface area contributed by atoms with Crippen LogP contribution in [0.5, 0.6) is 0 Å². The van der Waals surface area contributed by atoms with Gasteiger partial charge in [-0.25, -0.2) is 8.42 Å². The van der Waals surface area contributed by atoms with Gasteiger partial charge >= 0.3 is 0 Å². The van der Waals surface area contributed by atoms with Crippen LogP contribution in [0.4, 0.5) is 0 Å². The monoisotopic (exact) mass is 310 g/mol. The highest BCUT2D eigenvalue weighted by molar-refractivity contribution is 7.89. The number of carbonyl (C=O) groups is 1. The summed E-state index contributed by atoms with van der Waals surface area (Å²) in [6, 6.07) is 5.87. The lowest BCUT2D eigenvalue weighted by molar-refractivity contribution is 0.1000. The summed E-state index contributed by atoms with van der Waals surface area (Å²) in [5, 5.41) is 0. The first-order chi connectivity index (χ1) is 9.93. The first-order valence-electron chi connectivity index (χ1n) is 7.31. The maximum atomic E-state index is 12.6. The summed E-state index contributed by atoms with van der Waals surface area (Å²) in [4.78, 5) is 11.3. The standard InChI is InChI=1S/C15H22N2O3S/c1-17(13-6-4-2-3-5-7-13)21(19,20)14-10-8-12(9-11-14)15(16)18/h8-11,13H,2-7H2,1H3,(H2,16,18). The summed E-state index contributed by atoms with van der Waals surface area (Å²) in [7, 11) is -1.87. The molecule has 1 aliphatic rings. The van der Waals surface area contributed by atoms with E-state index in [1.807, 2.05) is 0 Å². The van der Waals surface area contributed by atoms with Crippen molar-refractivity contribution in [3.8, 4) is 0 Å². The van der Waals surface area contributed by atoms with E-state index in [9.17, 15) is 13.2 Å². The third-order valence-electron chi connectivity index (χ3n) is 4.15. The number of benzene rings is 1. The zero-order chi connectivity index (χ0) is 15.5. The van der Waals surface area contributed by atoms with Crippen LogP contribution in [0.15, 0.2) is 29.2 Å². The Morgan fingerprint density at radius 2 is 1.62 bits per heavy atom. The largest absolute Gasteiger partial charge is 0.366 e. The quantitative estimate of drug-likeness (QED) is 0.865. The van der Waals surface area contributed by atoms with Crippen molar-refractivity contribution in [1.82, 2.24) is 4.31 Å². The van der Waals surface area contributed by atoms with Crippen molar-refractivity contribution in [2.45, 2.75) is 49.5 Å². The van der Waals surface area contributed by atoms with Crippen LogP contribution in [0.25, 0.3) is 0 Å². The van der Waals surface area contributed by atoms with E-state index in [0.29, 0.717) is 5.56 Å². The molecule has 0 aliphatic heterocycles. The number of carbonyl (C=O) groups excluding carboxylic acids is 1. The molecule has 21 heavy (non-hydrogen) atoms. The van der Waals surface area contributed by atoms with Gasteiger partial charge in [0.15, 0.2) is 0 Å². The molecule has 0 saturated heterocycles. The third-order valence-corrected chi connectivity index (χ3v) is 6.08. The minimum absolute atomic E-state index is 0.0633. The SMILES string of the molecule is CN(C1CCCCCC1)S(=O)(=O)c1ccc(C(N)=O)cc1. The van der Waals surface area contributed by atoms with Crippen molar-refractivity contribution < 1.29 is 13.2 Å². The number of primary amides is 1. The van der Waals surface area contributed by atoms with Gasteiger partial charge in [0, 0.05) is 18.7 Å². The highest BCUT2D eigenvalue weighted by Gasteiger charge is 2.28. The molecule has 1 aromatic rings. The van der Waals surface area contributed by atoms with Gasteiger partial charge in [-0.1, -0.05) is 25.7 Å². The van der Waals surface area contributed by atoms with Crippen LogP contribution >= 0.6 is 0 Å². The number of hydrogen-bond donors (Lipinski definition) is 1. The van der Waals surface area contributed by atoms with Crippen molar-refractivity contribution >= 4 is 15.9 Å². The van der Waals surface area contributed by atoms with Crippen molar-refractivity contribution in [2.75, 3.05) is 7.05 Å². The summed E-state index contributed by atoms with van der Waals surface area (Å²) < 4.78 is 26.8. The topological polar surface area (TPSA) is 80.5 Å². The fourth-order valence-electron chi connectivity index (χ4n) is 2.78. The second kappa shape index (κ2) is 6.58. The highest BCUT2D eigenvalue weighted by atomic mass is 32.2. The Morgan fingerprint density at radius 3 is 2.10 bits per heavy atom. The van der Waals surface area contributed by atoms with E-state index in [0.717, 1.165) is 25.7 Å². The van der Waals surface area contributed by atoms with E-state index in [1.165, 1.54) is 41.4 Å². The normalized spacial score (nSPS) is 17.6. The van der Waals surface area contributed by atoms with Crippen LogP contribution in [-0.2, 0) is 10.0 Å². The number of nitrogens with two attached hydrogens (primary N) is 1. The average Bonchev–Trinajstić information content (AvgIpc) is 2.75. The van der Waals surface area contributed by atoms with Gasteiger partial charge in [-0.05, 0) is 37.1 Å². The molecule has 0 atom stereocenters. The van der Waals surface area contributed by atoms with Crippen LogP contribution in [0.1, 0.15) is 48.9 Å². The first kappa shape index (κ1) is 16.0. The van der Waals surface area contributed by atoms with E-state index >= 15 is 0 Å². The zero-order valence-corrected chi connectivity index (χ0v) is 13.1. The van der Waals surface area contributed by atoms with Crippen LogP contribution in [0.2, 0.25) is 0 Å². The molecule has 0 heterocycles. The van der Waals surface area contributed by atoms with Gasteiger partial charge < -0.3 is 5.73 Å². The maximum absolute atomic E-state index is 12.6. The number of amides is 1. The fraction of sp³-hybridized carbons (Fsp3) is 0.533. The Labute approximate surface area is 126 Å². The molecular weight excluding hydrogens is 288 g/mol. The third kappa shape index (κ3) is 3.63. The molecule has 2 N–H and O–H groups in total. The molecule has 1 saturated carbocycles. The minimum Gasteiger partial charge on any atom is -0.366 e. The molecule has 1 amide bonds. The van der Waals surface area contributed by atoms with Gasteiger partial charge in [-0.2, -0.15) is 4.31 Å². The van der Waals surface area contributed by atoms with E-state index in [4.69, 9.17) is 5.73 Å². The molecule has 116 valence electrons. The lowest BCUT2D eigenvalue weighted by atomic mass is 10.1. The summed E-state index contributed by atoms with van der Waals surface area (Å²) >= 11 is 0. The number of nitrogens with zero attached hydrogens (tertiary/aromatic N) is 1. The van der Waals surface area contributed by atoms with Crippen LogP contribution in [0.3, 0.4) is 0 Å². The van der Waals surface area contributed by atoms with Gasteiger partial charge in [0.05, 0.1) is 4.90 Å². The molecule has 0 radical (unpaired) electrons. The number of sulfonamides is 1. The van der Waals surface area contributed by atoms with E-state index < -0.39 is 15.9 Å². The predicted molar refractivity (Wildman–Crippen MR) is 81.4 cm³/mol. The molecule has 1 aromatic carbocycles. The molecule has 0 aromatic heterocycles. The van der Waals surface area contributed by atoms with Gasteiger partial charge in [0.25, 0.3) is 0 Å². The Morgan fingerprint density at radius 1 is 1.10 bits per heavy atom. The van der Waals surface area contributed by atoms with Crippen LogP contribution in [-0.4, -0.2) is 31.7 Å². The summed E-state index contributed by atoms with van der Waals surface area (Å²) in [5.74, 6) is -0.559. The molecule has 1 fully saturated rings. The van der Waals surface area contributed by atoms with Crippen LogP contribution in [0, 0.1) is 0 Å².